The van der Waals surface area contributed by atoms with Crippen LogP contribution in [0.5, 0.6) is 0 Å². The third-order valence-electron chi connectivity index (χ3n) is 5.64. The lowest BCUT2D eigenvalue weighted by molar-refractivity contribution is -0.142. The Hall–Kier alpha value is -1.53. The molecule has 1 N–H and O–H groups in total. The van der Waals surface area contributed by atoms with E-state index in [1.54, 1.807) is 16.7 Å². The number of hydrogen-bond acceptors (Lipinski definition) is 4. The maximum absolute atomic E-state index is 12.5. The van der Waals surface area contributed by atoms with Gasteiger partial charge in [0.25, 0.3) is 5.91 Å². The van der Waals surface area contributed by atoms with Crippen molar-refractivity contribution in [2.24, 2.45) is 5.41 Å². The van der Waals surface area contributed by atoms with Crippen molar-refractivity contribution >= 4 is 23.6 Å². The van der Waals surface area contributed by atoms with E-state index >= 15 is 0 Å². The van der Waals surface area contributed by atoms with Crippen LogP contribution in [0, 0.1) is 5.41 Å². The molecule has 1 atom stereocenters. The van der Waals surface area contributed by atoms with Crippen molar-refractivity contribution in [3.05, 3.63) is 35.9 Å². The molecule has 6 heteroatoms. The highest BCUT2D eigenvalue weighted by atomic mass is 32.2. The second kappa shape index (κ2) is 8.44. The van der Waals surface area contributed by atoms with Crippen molar-refractivity contribution < 1.29 is 14.7 Å². The zero-order valence-corrected chi connectivity index (χ0v) is 16.2. The summed E-state index contributed by atoms with van der Waals surface area (Å²) in [6, 6.07) is 10.1. The molecule has 1 aromatic carbocycles. The van der Waals surface area contributed by atoms with Crippen molar-refractivity contribution in [2.75, 3.05) is 31.6 Å². The van der Waals surface area contributed by atoms with E-state index in [0.717, 1.165) is 30.7 Å². The van der Waals surface area contributed by atoms with E-state index in [1.807, 2.05) is 29.4 Å². The number of nitrogens with zero attached hydrogens (tertiary/aromatic N) is 2. The summed E-state index contributed by atoms with van der Waals surface area (Å²) in [6.07, 6.45) is 3.84. The van der Waals surface area contributed by atoms with E-state index in [9.17, 15) is 14.7 Å². The minimum Gasteiger partial charge on any atom is -0.383 e. The van der Waals surface area contributed by atoms with Crippen LogP contribution in [0.4, 0.5) is 0 Å². The van der Waals surface area contributed by atoms with Gasteiger partial charge in [-0.15, -0.1) is 0 Å². The van der Waals surface area contributed by atoms with Crippen LogP contribution >= 0.6 is 11.8 Å². The van der Waals surface area contributed by atoms with Gasteiger partial charge in [0.05, 0.1) is 0 Å². The quantitative estimate of drug-likeness (QED) is 0.826. The van der Waals surface area contributed by atoms with Crippen molar-refractivity contribution in [3.8, 4) is 0 Å². The zero-order chi connectivity index (χ0) is 18.6. The molecule has 0 aliphatic carbocycles. The summed E-state index contributed by atoms with van der Waals surface area (Å²) in [5.41, 5.74) is 1.15. The molecule has 0 unspecified atom stereocenters. The lowest BCUT2D eigenvalue weighted by Crippen LogP contribution is -2.47. The van der Waals surface area contributed by atoms with Crippen LogP contribution in [0.3, 0.4) is 0 Å². The predicted octanol–water partition coefficient (Wildman–Crippen LogP) is 2.14. The first-order valence-corrected chi connectivity index (χ1v) is 10.7. The zero-order valence-electron chi connectivity index (χ0n) is 15.4. The average molecular weight is 377 g/mol. The Kier molecular flexibility index (Phi) is 6.24. The van der Waals surface area contributed by atoms with Crippen molar-refractivity contribution in [3.63, 3.8) is 0 Å². The molecule has 2 heterocycles. The first kappa shape index (κ1) is 19.2. The van der Waals surface area contributed by atoms with E-state index in [0.29, 0.717) is 32.5 Å². The monoisotopic (exact) mass is 376 g/mol. The molecule has 0 aromatic heterocycles. The van der Waals surface area contributed by atoms with Crippen LogP contribution in [-0.4, -0.2) is 64.5 Å². The molecule has 26 heavy (non-hydrogen) atoms. The van der Waals surface area contributed by atoms with Gasteiger partial charge in [0, 0.05) is 38.0 Å². The number of thioether (sulfide) groups is 1. The first-order chi connectivity index (χ1) is 12.5. The number of likely N-dealkylation sites (tertiary alicyclic amines) is 2. The standard InChI is InChI=1S/C20H28N2O3S/c1-26-12-7-17(23)19(25)21-10-8-20(9-11-21)13-18(24)22(15-20)14-16-5-3-2-4-6-16/h2-6,17,23H,7-15H2,1H3/t17-/m1/s1. The number of benzene rings is 1. The first-order valence-electron chi connectivity index (χ1n) is 9.30. The fraction of sp³-hybridized carbons (Fsp3) is 0.600. The Morgan fingerprint density at radius 3 is 2.62 bits per heavy atom. The highest BCUT2D eigenvalue weighted by molar-refractivity contribution is 7.98. The maximum Gasteiger partial charge on any atom is 0.251 e. The molecule has 0 saturated carbocycles. The highest BCUT2D eigenvalue weighted by Crippen LogP contribution is 2.41. The van der Waals surface area contributed by atoms with Crippen molar-refractivity contribution in [2.45, 2.75) is 38.3 Å². The Morgan fingerprint density at radius 1 is 1.27 bits per heavy atom. The van der Waals surface area contributed by atoms with E-state index in [1.165, 1.54) is 0 Å². The van der Waals surface area contributed by atoms with Gasteiger partial charge < -0.3 is 14.9 Å². The Labute approximate surface area is 159 Å². The lowest BCUT2D eigenvalue weighted by Gasteiger charge is -2.39. The van der Waals surface area contributed by atoms with E-state index < -0.39 is 6.10 Å². The van der Waals surface area contributed by atoms with Gasteiger partial charge in [0.2, 0.25) is 5.91 Å². The molecule has 5 nitrogen and oxygen atoms in total. The molecule has 3 rings (SSSR count). The fourth-order valence-electron chi connectivity index (χ4n) is 4.03. The molecule has 2 aliphatic rings. The van der Waals surface area contributed by atoms with E-state index in [2.05, 4.69) is 12.1 Å². The summed E-state index contributed by atoms with van der Waals surface area (Å²) >= 11 is 1.64. The lowest BCUT2D eigenvalue weighted by atomic mass is 9.77. The molecule has 1 aromatic rings. The average Bonchev–Trinajstić information content (AvgIpc) is 2.95. The topological polar surface area (TPSA) is 60.9 Å². The van der Waals surface area contributed by atoms with Crippen LogP contribution in [0.1, 0.15) is 31.2 Å². The fourth-order valence-corrected chi connectivity index (χ4v) is 4.49. The molecule has 1 spiro atoms. The van der Waals surface area contributed by atoms with E-state index in [-0.39, 0.29) is 17.2 Å². The second-order valence-corrected chi connectivity index (χ2v) is 8.52. The third-order valence-corrected chi connectivity index (χ3v) is 6.28. The molecule has 2 aliphatic heterocycles. The molecular weight excluding hydrogens is 348 g/mol. The second-order valence-electron chi connectivity index (χ2n) is 7.53. The van der Waals surface area contributed by atoms with Crippen LogP contribution < -0.4 is 0 Å². The number of hydrogen-bond donors (Lipinski definition) is 1. The van der Waals surface area contributed by atoms with Crippen LogP contribution in [-0.2, 0) is 16.1 Å². The van der Waals surface area contributed by atoms with Gasteiger partial charge in [0.1, 0.15) is 6.10 Å². The molecular formula is C20H28N2O3S. The molecule has 2 amide bonds. The third kappa shape index (κ3) is 4.41. The van der Waals surface area contributed by atoms with Gasteiger partial charge in [-0.25, -0.2) is 0 Å². The van der Waals surface area contributed by atoms with Gasteiger partial charge in [-0.1, -0.05) is 30.3 Å². The van der Waals surface area contributed by atoms with Gasteiger partial charge in [-0.05, 0) is 36.8 Å². The van der Waals surface area contributed by atoms with Crippen molar-refractivity contribution in [1.82, 2.24) is 9.80 Å². The number of rotatable bonds is 6. The minimum atomic E-state index is -0.892. The van der Waals surface area contributed by atoms with Gasteiger partial charge in [-0.3, -0.25) is 9.59 Å². The van der Waals surface area contributed by atoms with Crippen molar-refractivity contribution in [1.29, 1.82) is 0 Å². The highest BCUT2D eigenvalue weighted by Gasteiger charge is 2.45. The summed E-state index contributed by atoms with van der Waals surface area (Å²) in [7, 11) is 0. The maximum atomic E-state index is 12.5. The Morgan fingerprint density at radius 2 is 1.96 bits per heavy atom. The summed E-state index contributed by atoms with van der Waals surface area (Å²) in [4.78, 5) is 28.6. The smallest absolute Gasteiger partial charge is 0.251 e. The molecule has 0 radical (unpaired) electrons. The SMILES string of the molecule is CSCC[C@@H](O)C(=O)N1CCC2(CC1)CC(=O)N(Cc1ccccc1)C2. The predicted molar refractivity (Wildman–Crippen MR) is 104 cm³/mol. The summed E-state index contributed by atoms with van der Waals surface area (Å²) in [5.74, 6) is 0.848. The summed E-state index contributed by atoms with van der Waals surface area (Å²) in [5, 5.41) is 10.0. The molecule has 2 saturated heterocycles. The normalized spacial score (nSPS) is 20.6. The molecule has 0 bridgehead atoms. The van der Waals surface area contributed by atoms with Gasteiger partial charge in [0.15, 0.2) is 0 Å². The van der Waals surface area contributed by atoms with Crippen LogP contribution in [0.2, 0.25) is 0 Å². The number of carbonyl (C=O) groups is 2. The number of aliphatic hydroxyl groups excluding tert-OH is 1. The van der Waals surface area contributed by atoms with Gasteiger partial charge in [-0.2, -0.15) is 11.8 Å². The summed E-state index contributed by atoms with van der Waals surface area (Å²) < 4.78 is 0. The van der Waals surface area contributed by atoms with Crippen LogP contribution in [0.25, 0.3) is 0 Å². The summed E-state index contributed by atoms with van der Waals surface area (Å²) in [6.45, 7) is 2.72. The van der Waals surface area contributed by atoms with Crippen LogP contribution in [0.15, 0.2) is 30.3 Å². The number of carbonyl (C=O) groups excluding carboxylic acids is 2. The Balaban J connectivity index is 1.54. The van der Waals surface area contributed by atoms with E-state index in [4.69, 9.17) is 0 Å². The molecule has 142 valence electrons. The largest absolute Gasteiger partial charge is 0.383 e. The number of piperidine rings is 1. The number of aliphatic hydroxyl groups is 1. The molecule has 2 fully saturated rings. The number of amides is 2. The van der Waals surface area contributed by atoms with Gasteiger partial charge >= 0.3 is 0 Å². The minimum absolute atomic E-state index is 0.00708. The Bertz CT molecular complexity index is 629.